The summed E-state index contributed by atoms with van der Waals surface area (Å²) in [7, 11) is -3.53. The average Bonchev–Trinajstić information content (AvgIpc) is 3.37. The van der Waals surface area contributed by atoms with Gasteiger partial charge in [0.05, 0.1) is 4.90 Å². The molecule has 4 aromatic rings. The van der Waals surface area contributed by atoms with Gasteiger partial charge in [0.2, 0.25) is 5.82 Å². The lowest BCUT2D eigenvalue weighted by Gasteiger charge is -2.07. The van der Waals surface area contributed by atoms with Gasteiger partial charge in [0.1, 0.15) is 11.5 Å². The zero-order valence-electron chi connectivity index (χ0n) is 17.7. The minimum atomic E-state index is -3.53. The van der Waals surface area contributed by atoms with Gasteiger partial charge in [-0.2, -0.15) is 4.98 Å². The fourth-order valence-electron chi connectivity index (χ4n) is 3.37. The van der Waals surface area contributed by atoms with Crippen molar-refractivity contribution in [2.45, 2.75) is 37.8 Å². The van der Waals surface area contributed by atoms with Crippen LogP contribution in [0.15, 0.2) is 74.5 Å². The first kappa shape index (κ1) is 21.1. The number of hydrogen-bond acceptors (Lipinski definition) is 6. The topological polar surface area (TPSA) is 86.2 Å². The van der Waals surface area contributed by atoms with E-state index < -0.39 is 9.84 Å². The van der Waals surface area contributed by atoms with Crippen LogP contribution in [-0.2, 0) is 22.0 Å². The molecule has 6 nitrogen and oxygen atoms in total. The molecule has 2 aromatic heterocycles. The number of aryl methyl sites for hydroxylation is 1. The van der Waals surface area contributed by atoms with E-state index in [4.69, 9.17) is 8.94 Å². The van der Waals surface area contributed by atoms with E-state index in [1.165, 1.54) is 0 Å². The predicted octanol–water partition coefficient (Wildman–Crippen LogP) is 5.48. The highest BCUT2D eigenvalue weighted by Gasteiger charge is 2.20. The molecule has 2 aromatic carbocycles. The van der Waals surface area contributed by atoms with Crippen LogP contribution in [0, 0.1) is 12.8 Å². The van der Waals surface area contributed by atoms with Crippen LogP contribution in [0.4, 0.5) is 0 Å². The van der Waals surface area contributed by atoms with Crippen molar-refractivity contribution in [3.8, 4) is 23.0 Å². The van der Waals surface area contributed by atoms with E-state index in [0.717, 1.165) is 23.1 Å². The Balaban J connectivity index is 1.50. The van der Waals surface area contributed by atoms with Gasteiger partial charge in [-0.25, -0.2) is 8.42 Å². The molecule has 0 spiro atoms. The summed E-state index contributed by atoms with van der Waals surface area (Å²) < 4.78 is 36.6. The van der Waals surface area contributed by atoms with Crippen LogP contribution in [0.3, 0.4) is 0 Å². The summed E-state index contributed by atoms with van der Waals surface area (Å²) in [6.45, 7) is 6.25. The second-order valence-electron chi connectivity index (χ2n) is 8.06. The standard InChI is InChI=1S/C24H24N2O4S/c1-16(2)13-18-7-10-21(11-8-18)31(27,28)15-20-9-12-22(29-20)24-25-23(26-30-24)19-6-4-5-17(3)14-19/h4-12,14,16H,13,15H2,1-3H3. The van der Waals surface area contributed by atoms with E-state index in [1.807, 2.05) is 43.3 Å². The minimum absolute atomic E-state index is 0.207. The first-order valence-corrected chi connectivity index (χ1v) is 11.8. The van der Waals surface area contributed by atoms with E-state index in [-0.39, 0.29) is 16.5 Å². The number of rotatable bonds is 7. The zero-order chi connectivity index (χ0) is 22.0. The molecule has 0 aliphatic rings. The summed E-state index contributed by atoms with van der Waals surface area (Å²) in [5.41, 5.74) is 3.05. The van der Waals surface area contributed by atoms with Gasteiger partial charge in [0.15, 0.2) is 15.6 Å². The number of hydrogen-bond donors (Lipinski definition) is 0. The van der Waals surface area contributed by atoms with Gasteiger partial charge in [-0.15, -0.1) is 0 Å². The van der Waals surface area contributed by atoms with E-state index in [2.05, 4.69) is 24.0 Å². The van der Waals surface area contributed by atoms with Crippen molar-refractivity contribution in [3.05, 3.63) is 77.6 Å². The smallest absolute Gasteiger partial charge is 0.293 e. The third-order valence-corrected chi connectivity index (χ3v) is 6.49. The lowest BCUT2D eigenvalue weighted by atomic mass is 10.0. The summed E-state index contributed by atoms with van der Waals surface area (Å²) in [4.78, 5) is 4.65. The molecule has 0 radical (unpaired) electrons. The fraction of sp³-hybridized carbons (Fsp3) is 0.250. The van der Waals surface area contributed by atoms with Crippen LogP contribution in [0.2, 0.25) is 0 Å². The van der Waals surface area contributed by atoms with E-state index in [0.29, 0.717) is 23.3 Å². The van der Waals surface area contributed by atoms with Crippen LogP contribution >= 0.6 is 0 Å². The zero-order valence-corrected chi connectivity index (χ0v) is 18.5. The van der Waals surface area contributed by atoms with Gasteiger partial charge in [-0.05, 0) is 55.2 Å². The Morgan fingerprint density at radius 2 is 1.77 bits per heavy atom. The Kier molecular flexibility index (Phi) is 5.78. The molecule has 0 bridgehead atoms. The fourth-order valence-corrected chi connectivity index (χ4v) is 4.62. The van der Waals surface area contributed by atoms with Crippen molar-refractivity contribution in [2.24, 2.45) is 5.92 Å². The molecule has 7 heteroatoms. The van der Waals surface area contributed by atoms with Crippen molar-refractivity contribution in [1.29, 1.82) is 0 Å². The van der Waals surface area contributed by atoms with Crippen LogP contribution in [-0.4, -0.2) is 18.6 Å². The van der Waals surface area contributed by atoms with Crippen molar-refractivity contribution in [1.82, 2.24) is 10.1 Å². The largest absolute Gasteiger partial charge is 0.455 e. The number of furan rings is 1. The first-order valence-electron chi connectivity index (χ1n) is 10.1. The molecular weight excluding hydrogens is 412 g/mol. The van der Waals surface area contributed by atoms with E-state index >= 15 is 0 Å². The number of aromatic nitrogens is 2. The quantitative estimate of drug-likeness (QED) is 0.381. The van der Waals surface area contributed by atoms with Gasteiger partial charge in [0.25, 0.3) is 5.89 Å². The third-order valence-electron chi connectivity index (χ3n) is 4.83. The first-order chi connectivity index (χ1) is 14.8. The van der Waals surface area contributed by atoms with E-state index in [1.54, 1.807) is 24.3 Å². The summed E-state index contributed by atoms with van der Waals surface area (Å²) in [5.74, 6) is 1.58. The van der Waals surface area contributed by atoms with E-state index in [9.17, 15) is 8.42 Å². The molecule has 0 amide bonds. The Labute approximate surface area is 181 Å². The maximum Gasteiger partial charge on any atom is 0.293 e. The van der Waals surface area contributed by atoms with Crippen molar-refractivity contribution in [3.63, 3.8) is 0 Å². The van der Waals surface area contributed by atoms with Crippen molar-refractivity contribution >= 4 is 9.84 Å². The summed E-state index contributed by atoms with van der Waals surface area (Å²) >= 11 is 0. The molecule has 0 N–H and O–H groups in total. The molecule has 0 atom stereocenters. The summed E-state index contributed by atoms with van der Waals surface area (Å²) in [6, 6.07) is 18.1. The molecule has 160 valence electrons. The average molecular weight is 437 g/mol. The Morgan fingerprint density at radius 1 is 1.00 bits per heavy atom. The van der Waals surface area contributed by atoms with Crippen molar-refractivity contribution in [2.75, 3.05) is 0 Å². The highest BCUT2D eigenvalue weighted by atomic mass is 32.2. The minimum Gasteiger partial charge on any atom is -0.455 e. The normalized spacial score (nSPS) is 11.9. The SMILES string of the molecule is Cc1cccc(-c2noc(-c3ccc(CS(=O)(=O)c4ccc(CC(C)C)cc4)o3)n2)c1. The number of nitrogens with zero attached hydrogens (tertiary/aromatic N) is 2. The van der Waals surface area contributed by atoms with Gasteiger partial charge >= 0.3 is 0 Å². The highest BCUT2D eigenvalue weighted by molar-refractivity contribution is 7.90. The van der Waals surface area contributed by atoms with Gasteiger partial charge in [-0.3, -0.25) is 0 Å². The van der Waals surface area contributed by atoms with Gasteiger partial charge < -0.3 is 8.94 Å². The molecule has 0 saturated heterocycles. The lowest BCUT2D eigenvalue weighted by molar-refractivity contribution is 0.413. The van der Waals surface area contributed by atoms with Crippen LogP contribution in [0.5, 0.6) is 0 Å². The number of sulfone groups is 1. The number of benzene rings is 2. The van der Waals surface area contributed by atoms with Crippen LogP contribution in [0.1, 0.15) is 30.7 Å². The monoisotopic (exact) mass is 436 g/mol. The molecule has 0 aliphatic carbocycles. The highest BCUT2D eigenvalue weighted by Crippen LogP contribution is 2.26. The van der Waals surface area contributed by atoms with Gasteiger partial charge in [-0.1, -0.05) is 54.9 Å². The molecule has 4 rings (SSSR count). The van der Waals surface area contributed by atoms with Gasteiger partial charge in [0, 0.05) is 5.56 Å². The second-order valence-corrected chi connectivity index (χ2v) is 10.0. The molecule has 0 aliphatic heterocycles. The molecule has 0 saturated carbocycles. The predicted molar refractivity (Wildman–Crippen MR) is 118 cm³/mol. The molecule has 31 heavy (non-hydrogen) atoms. The lowest BCUT2D eigenvalue weighted by Crippen LogP contribution is -2.04. The Bertz CT molecular complexity index is 1290. The molecular formula is C24H24N2O4S. The Morgan fingerprint density at radius 3 is 2.48 bits per heavy atom. The summed E-state index contributed by atoms with van der Waals surface area (Å²) in [5, 5.41) is 4.00. The molecule has 2 heterocycles. The molecule has 0 unspecified atom stereocenters. The van der Waals surface area contributed by atoms with Crippen molar-refractivity contribution < 1.29 is 17.4 Å². The second kappa shape index (κ2) is 8.51. The summed E-state index contributed by atoms with van der Waals surface area (Å²) in [6.07, 6.45) is 0.913. The van der Waals surface area contributed by atoms with Crippen LogP contribution in [0.25, 0.3) is 23.0 Å². The Hall–Kier alpha value is -3.19. The maximum atomic E-state index is 12.8. The van der Waals surface area contributed by atoms with Crippen LogP contribution < -0.4 is 0 Å². The molecule has 0 fully saturated rings. The maximum absolute atomic E-state index is 12.8. The third kappa shape index (κ3) is 4.94.